The first-order valence-electron chi connectivity index (χ1n) is 11.5. The van der Waals surface area contributed by atoms with Crippen molar-refractivity contribution in [2.24, 2.45) is 10.8 Å². The van der Waals surface area contributed by atoms with Crippen molar-refractivity contribution in [1.29, 1.82) is 0 Å². The van der Waals surface area contributed by atoms with E-state index in [9.17, 15) is 0 Å². The van der Waals surface area contributed by atoms with E-state index in [2.05, 4.69) is 55.4 Å². The van der Waals surface area contributed by atoms with Gasteiger partial charge in [-0.2, -0.15) is 0 Å². The molecule has 1 aliphatic rings. The Labute approximate surface area is 164 Å². The predicted molar refractivity (Wildman–Crippen MR) is 114 cm³/mol. The number of hydrogen-bond acceptors (Lipinski definition) is 2. The van der Waals surface area contributed by atoms with Crippen molar-refractivity contribution in [2.45, 2.75) is 144 Å². The normalized spacial score (nSPS) is 20.8. The minimum Gasteiger partial charge on any atom is -0.346 e. The molecule has 26 heavy (non-hydrogen) atoms. The Balaban J connectivity index is 3.02. The van der Waals surface area contributed by atoms with Crippen LogP contribution >= 0.6 is 0 Å². The van der Waals surface area contributed by atoms with Gasteiger partial charge < -0.3 is 9.47 Å². The molecule has 2 unspecified atom stereocenters. The molecule has 0 radical (unpaired) electrons. The Morgan fingerprint density at radius 1 is 0.692 bits per heavy atom. The Morgan fingerprint density at radius 3 is 1.38 bits per heavy atom. The molecule has 0 N–H and O–H groups in total. The highest BCUT2D eigenvalue weighted by atomic mass is 16.7. The average molecular weight is 369 g/mol. The summed E-state index contributed by atoms with van der Waals surface area (Å²) in [6.07, 6.45) is 13.4. The van der Waals surface area contributed by atoms with Crippen molar-refractivity contribution in [1.82, 2.24) is 0 Å². The molecule has 0 heterocycles. The number of hydrogen-bond donors (Lipinski definition) is 0. The first kappa shape index (κ1) is 24.0. The van der Waals surface area contributed by atoms with E-state index >= 15 is 0 Å². The third-order valence-corrected chi connectivity index (χ3v) is 6.60. The van der Waals surface area contributed by atoms with Gasteiger partial charge in [-0.15, -0.1) is 0 Å². The van der Waals surface area contributed by atoms with Gasteiger partial charge in [0.25, 0.3) is 0 Å². The van der Waals surface area contributed by atoms with Crippen molar-refractivity contribution in [3.05, 3.63) is 0 Å². The maximum absolute atomic E-state index is 6.93. The number of rotatable bonds is 12. The Morgan fingerprint density at radius 2 is 1.08 bits per heavy atom. The minimum atomic E-state index is -0.365. The van der Waals surface area contributed by atoms with Crippen LogP contribution in [0.2, 0.25) is 0 Å². The van der Waals surface area contributed by atoms with Crippen molar-refractivity contribution in [3.63, 3.8) is 0 Å². The maximum Gasteiger partial charge on any atom is 0.169 e. The summed E-state index contributed by atoms with van der Waals surface area (Å²) in [5, 5.41) is 0. The highest BCUT2D eigenvalue weighted by molar-refractivity contribution is 4.87. The lowest BCUT2D eigenvalue weighted by molar-refractivity contribution is -0.317. The zero-order chi connectivity index (χ0) is 19.8. The van der Waals surface area contributed by atoms with Crippen LogP contribution in [-0.2, 0) is 9.47 Å². The lowest BCUT2D eigenvalue weighted by Gasteiger charge is -2.48. The Kier molecular flexibility index (Phi) is 9.64. The molecular formula is C24H48O2. The van der Waals surface area contributed by atoms with E-state index in [0.717, 1.165) is 25.7 Å². The van der Waals surface area contributed by atoms with Gasteiger partial charge in [-0.1, -0.05) is 74.7 Å². The second-order valence-electron chi connectivity index (χ2n) is 9.98. The van der Waals surface area contributed by atoms with Crippen LogP contribution in [0.1, 0.15) is 126 Å². The summed E-state index contributed by atoms with van der Waals surface area (Å²) in [6, 6.07) is 0. The Bertz CT molecular complexity index is 350. The van der Waals surface area contributed by atoms with E-state index in [1.165, 1.54) is 44.9 Å². The lowest BCUT2D eigenvalue weighted by Crippen LogP contribution is -2.49. The van der Waals surface area contributed by atoms with Crippen molar-refractivity contribution < 1.29 is 9.47 Å². The van der Waals surface area contributed by atoms with E-state index in [1.54, 1.807) is 0 Å². The van der Waals surface area contributed by atoms with Gasteiger partial charge in [0.1, 0.15) is 0 Å². The summed E-state index contributed by atoms with van der Waals surface area (Å²) in [5.41, 5.74) is 0.413. The molecule has 2 nitrogen and oxygen atoms in total. The van der Waals surface area contributed by atoms with Crippen LogP contribution in [0.4, 0.5) is 0 Å². The molecule has 0 spiro atoms. The quantitative estimate of drug-likeness (QED) is 0.326. The van der Waals surface area contributed by atoms with Crippen LogP contribution in [0.5, 0.6) is 0 Å². The molecular weight excluding hydrogens is 320 g/mol. The van der Waals surface area contributed by atoms with Crippen molar-refractivity contribution >= 4 is 0 Å². The first-order chi connectivity index (χ1) is 12.2. The van der Waals surface area contributed by atoms with E-state index in [4.69, 9.17) is 9.47 Å². The van der Waals surface area contributed by atoms with Crippen LogP contribution in [0.3, 0.4) is 0 Å². The smallest absolute Gasteiger partial charge is 0.169 e. The van der Waals surface area contributed by atoms with Gasteiger partial charge in [-0.25, -0.2) is 0 Å². The van der Waals surface area contributed by atoms with Gasteiger partial charge in [0.05, 0.1) is 12.2 Å². The minimum absolute atomic E-state index is 0.206. The fraction of sp³-hybridized carbons (Fsp3) is 1.00. The first-order valence-corrected chi connectivity index (χ1v) is 11.5. The van der Waals surface area contributed by atoms with E-state index in [0.29, 0.717) is 0 Å². The standard InChI is InChI=1S/C24H48O2/c1-9-16-22(5,6)20(11-3)25-24(18-14-13-15-19-24)26-21(12-4)23(7,8)17-10-2/h20-21H,9-19H2,1-8H3. The third kappa shape index (κ3) is 6.51. The molecule has 156 valence electrons. The molecule has 1 fully saturated rings. The average Bonchev–Trinajstić information content (AvgIpc) is 2.58. The zero-order valence-corrected chi connectivity index (χ0v) is 19.2. The summed E-state index contributed by atoms with van der Waals surface area (Å²) >= 11 is 0. The zero-order valence-electron chi connectivity index (χ0n) is 19.2. The van der Waals surface area contributed by atoms with Gasteiger partial charge in [-0.05, 0) is 49.4 Å². The van der Waals surface area contributed by atoms with Crippen LogP contribution in [0.25, 0.3) is 0 Å². The molecule has 0 saturated heterocycles. The number of ether oxygens (including phenoxy) is 2. The van der Waals surface area contributed by atoms with E-state index in [-0.39, 0.29) is 28.8 Å². The molecule has 1 saturated carbocycles. The summed E-state index contributed by atoms with van der Waals surface area (Å²) in [5.74, 6) is -0.365. The largest absolute Gasteiger partial charge is 0.346 e. The van der Waals surface area contributed by atoms with Gasteiger partial charge in [0.2, 0.25) is 0 Å². The molecule has 0 aromatic rings. The van der Waals surface area contributed by atoms with Crippen LogP contribution in [0, 0.1) is 10.8 Å². The van der Waals surface area contributed by atoms with Gasteiger partial charge in [-0.3, -0.25) is 0 Å². The summed E-state index contributed by atoms with van der Waals surface area (Å²) in [7, 11) is 0. The van der Waals surface area contributed by atoms with Crippen LogP contribution in [-0.4, -0.2) is 18.0 Å². The SMILES string of the molecule is CCCC(C)(C)C(CC)OC1(OC(CC)C(C)(C)CCC)CCCCC1. The molecule has 0 aliphatic heterocycles. The fourth-order valence-corrected chi connectivity index (χ4v) is 5.07. The maximum atomic E-state index is 6.93. The third-order valence-electron chi connectivity index (χ3n) is 6.60. The summed E-state index contributed by atoms with van der Waals surface area (Å²) in [4.78, 5) is 0. The van der Waals surface area contributed by atoms with Gasteiger partial charge in [0.15, 0.2) is 5.79 Å². The molecule has 2 atom stereocenters. The summed E-state index contributed by atoms with van der Waals surface area (Å²) < 4.78 is 13.9. The molecule has 0 aromatic heterocycles. The predicted octanol–water partition coefficient (Wildman–Crippen LogP) is 7.89. The van der Waals surface area contributed by atoms with E-state index in [1.807, 2.05) is 0 Å². The summed E-state index contributed by atoms with van der Waals surface area (Å²) in [6.45, 7) is 18.6. The fourth-order valence-electron chi connectivity index (χ4n) is 5.07. The van der Waals surface area contributed by atoms with Crippen LogP contribution in [0.15, 0.2) is 0 Å². The Hall–Kier alpha value is -0.0800. The van der Waals surface area contributed by atoms with E-state index < -0.39 is 0 Å². The molecule has 0 amide bonds. The highest BCUT2D eigenvalue weighted by Gasteiger charge is 2.44. The monoisotopic (exact) mass is 368 g/mol. The van der Waals surface area contributed by atoms with Gasteiger partial charge in [0, 0.05) is 12.8 Å². The molecule has 0 bridgehead atoms. The molecule has 2 heteroatoms. The van der Waals surface area contributed by atoms with Crippen molar-refractivity contribution in [3.8, 4) is 0 Å². The lowest BCUT2D eigenvalue weighted by atomic mass is 9.79. The highest BCUT2D eigenvalue weighted by Crippen LogP contribution is 2.43. The van der Waals surface area contributed by atoms with Gasteiger partial charge >= 0.3 is 0 Å². The topological polar surface area (TPSA) is 18.5 Å². The van der Waals surface area contributed by atoms with Crippen LogP contribution < -0.4 is 0 Å². The second kappa shape index (κ2) is 10.5. The van der Waals surface area contributed by atoms with Crippen molar-refractivity contribution in [2.75, 3.05) is 0 Å². The second-order valence-corrected chi connectivity index (χ2v) is 9.98. The molecule has 1 rings (SSSR count). The molecule has 0 aromatic carbocycles. The molecule has 1 aliphatic carbocycles.